The molecule has 2 N–H and O–H groups in total. The Balaban J connectivity index is 1.86. The molecule has 0 fully saturated rings. The maximum absolute atomic E-state index is 13.5. The van der Waals surface area contributed by atoms with Gasteiger partial charge in [0.25, 0.3) is 0 Å². The lowest BCUT2D eigenvalue weighted by Crippen LogP contribution is -2.10. The molecule has 0 saturated carbocycles. The summed E-state index contributed by atoms with van der Waals surface area (Å²) >= 11 is 0. The average Bonchev–Trinajstić information content (AvgIpc) is 3.16. The van der Waals surface area contributed by atoms with Crippen LogP contribution in [0.2, 0.25) is 0 Å². The molecule has 4 nitrogen and oxygen atoms in total. The lowest BCUT2D eigenvalue weighted by atomic mass is 9.99. The van der Waals surface area contributed by atoms with E-state index in [0.717, 1.165) is 40.3 Å². The van der Waals surface area contributed by atoms with Crippen LogP contribution in [0.1, 0.15) is 11.1 Å². The Morgan fingerprint density at radius 3 is 2.61 bits per heavy atom. The van der Waals surface area contributed by atoms with Crippen molar-refractivity contribution in [2.24, 2.45) is 0 Å². The summed E-state index contributed by atoms with van der Waals surface area (Å²) in [5.41, 5.74) is 3.57. The van der Waals surface area contributed by atoms with Crippen LogP contribution in [0, 0.1) is 6.92 Å². The van der Waals surface area contributed by atoms with E-state index in [2.05, 4.69) is 21.9 Å². The van der Waals surface area contributed by atoms with Gasteiger partial charge < -0.3 is 10.3 Å². The summed E-state index contributed by atoms with van der Waals surface area (Å²) in [5, 5.41) is 3.20. The predicted molar refractivity (Wildman–Crippen MR) is 116 cm³/mol. The molecule has 2 aromatic heterocycles. The third kappa shape index (κ3) is 4.21. The lowest BCUT2D eigenvalue weighted by molar-refractivity contribution is -0.137. The molecule has 2 aromatic carbocycles. The van der Waals surface area contributed by atoms with Gasteiger partial charge in [-0.3, -0.25) is 4.79 Å². The van der Waals surface area contributed by atoms with Crippen molar-refractivity contribution < 1.29 is 18.0 Å². The maximum Gasteiger partial charge on any atom is 0.416 e. The van der Waals surface area contributed by atoms with Gasteiger partial charge in [-0.05, 0) is 48.4 Å². The number of hydrogen-bond donors (Lipinski definition) is 2. The first kappa shape index (κ1) is 20.4. The highest BCUT2D eigenvalue weighted by atomic mass is 19.4. The van der Waals surface area contributed by atoms with Gasteiger partial charge in [0, 0.05) is 34.6 Å². The smallest absolute Gasteiger partial charge is 0.346 e. The van der Waals surface area contributed by atoms with Crippen molar-refractivity contribution in [3.63, 3.8) is 0 Å². The second kappa shape index (κ2) is 7.75. The van der Waals surface area contributed by atoms with E-state index in [1.165, 1.54) is 12.3 Å². The molecule has 0 atom stereocenters. The van der Waals surface area contributed by atoms with Crippen molar-refractivity contribution in [1.82, 2.24) is 9.97 Å². The molecule has 0 aliphatic carbocycles. The van der Waals surface area contributed by atoms with Gasteiger partial charge in [-0.2, -0.15) is 13.2 Å². The van der Waals surface area contributed by atoms with Crippen molar-refractivity contribution in [2.75, 3.05) is 5.32 Å². The third-order valence-corrected chi connectivity index (χ3v) is 4.91. The molecular weight excluding hydrogens is 403 g/mol. The van der Waals surface area contributed by atoms with Gasteiger partial charge in [0.1, 0.15) is 5.65 Å². The van der Waals surface area contributed by atoms with Crippen molar-refractivity contribution in [1.29, 1.82) is 0 Å². The van der Waals surface area contributed by atoms with Crippen LogP contribution in [0.3, 0.4) is 0 Å². The SMILES string of the molecule is C=CC(=O)Nc1cc(-c2cnc3[nH]cc(-c4cccc(C)c4)c3c2)cc(C(F)(F)F)c1. The fraction of sp³-hybridized carbons (Fsp3) is 0.0833. The number of anilines is 1. The van der Waals surface area contributed by atoms with Crippen LogP contribution in [-0.2, 0) is 11.0 Å². The number of amides is 1. The highest BCUT2D eigenvalue weighted by molar-refractivity contribution is 6.00. The quantitative estimate of drug-likeness (QED) is 0.377. The van der Waals surface area contributed by atoms with Crippen LogP contribution in [0.15, 0.2) is 73.6 Å². The molecule has 7 heteroatoms. The van der Waals surface area contributed by atoms with Crippen molar-refractivity contribution in [3.8, 4) is 22.3 Å². The summed E-state index contributed by atoms with van der Waals surface area (Å²) in [6.07, 6.45) is -0.227. The summed E-state index contributed by atoms with van der Waals surface area (Å²) in [6, 6.07) is 13.2. The molecule has 31 heavy (non-hydrogen) atoms. The highest BCUT2D eigenvalue weighted by Gasteiger charge is 2.31. The molecule has 2 heterocycles. The van der Waals surface area contributed by atoms with Crippen LogP contribution in [0.4, 0.5) is 18.9 Å². The first-order valence-corrected chi connectivity index (χ1v) is 9.45. The van der Waals surface area contributed by atoms with Crippen LogP contribution >= 0.6 is 0 Å². The van der Waals surface area contributed by atoms with Crippen LogP contribution in [-0.4, -0.2) is 15.9 Å². The number of fused-ring (bicyclic) bond motifs is 1. The normalized spacial score (nSPS) is 11.5. The van der Waals surface area contributed by atoms with Gasteiger partial charge in [-0.25, -0.2) is 4.98 Å². The summed E-state index contributed by atoms with van der Waals surface area (Å²) in [4.78, 5) is 19.1. The van der Waals surface area contributed by atoms with E-state index in [-0.39, 0.29) is 5.69 Å². The standard InChI is InChI=1S/C24H18F3N3O/c1-3-22(31)30-19-9-16(8-18(11-19)24(25,26)27)17-10-20-21(13-29-23(20)28-12-17)15-6-4-5-14(2)7-15/h3-13H,1H2,2H3,(H,28,29)(H,30,31). The Kier molecular flexibility index (Phi) is 5.10. The Bertz CT molecular complexity index is 1310. The van der Waals surface area contributed by atoms with E-state index in [4.69, 9.17) is 0 Å². The predicted octanol–water partition coefficient (Wildman–Crippen LogP) is 6.35. The minimum Gasteiger partial charge on any atom is -0.346 e. The molecule has 4 rings (SSSR count). The van der Waals surface area contributed by atoms with Crippen molar-refractivity contribution in [2.45, 2.75) is 13.1 Å². The summed E-state index contributed by atoms with van der Waals surface area (Å²) in [7, 11) is 0. The van der Waals surface area contributed by atoms with E-state index in [1.54, 1.807) is 6.07 Å². The zero-order chi connectivity index (χ0) is 22.2. The number of aryl methyl sites for hydroxylation is 1. The third-order valence-electron chi connectivity index (χ3n) is 4.91. The molecule has 4 aromatic rings. The molecular formula is C24H18F3N3O. The Hall–Kier alpha value is -3.87. The van der Waals surface area contributed by atoms with E-state index < -0.39 is 17.6 Å². The first-order valence-electron chi connectivity index (χ1n) is 9.45. The molecule has 0 aliphatic heterocycles. The van der Waals surface area contributed by atoms with Crippen LogP contribution in [0.25, 0.3) is 33.3 Å². The summed E-state index contributed by atoms with van der Waals surface area (Å²) < 4.78 is 40.4. The Labute approximate surface area is 176 Å². The molecule has 0 radical (unpaired) electrons. The number of aromatic nitrogens is 2. The lowest BCUT2D eigenvalue weighted by Gasteiger charge is -2.13. The number of hydrogen-bond acceptors (Lipinski definition) is 2. The molecule has 0 spiro atoms. The number of H-pyrrole nitrogens is 1. The van der Waals surface area contributed by atoms with Gasteiger partial charge in [-0.15, -0.1) is 0 Å². The van der Waals surface area contributed by atoms with Crippen molar-refractivity contribution >= 4 is 22.6 Å². The second-order valence-corrected chi connectivity index (χ2v) is 7.18. The number of pyridine rings is 1. The van der Waals surface area contributed by atoms with Crippen LogP contribution < -0.4 is 5.32 Å². The summed E-state index contributed by atoms with van der Waals surface area (Å²) in [5.74, 6) is -0.591. The number of benzene rings is 2. The number of halogens is 3. The van der Waals surface area contributed by atoms with Gasteiger partial charge in [0.15, 0.2) is 0 Å². The minimum atomic E-state index is -4.57. The zero-order valence-electron chi connectivity index (χ0n) is 16.5. The van der Waals surface area contributed by atoms with Crippen molar-refractivity contribution in [3.05, 3.63) is 84.7 Å². The number of nitrogens with zero attached hydrogens (tertiary/aromatic N) is 1. The molecule has 156 valence electrons. The first-order chi connectivity index (χ1) is 14.7. The Morgan fingerprint density at radius 2 is 1.90 bits per heavy atom. The number of alkyl halides is 3. The van der Waals surface area contributed by atoms with E-state index in [0.29, 0.717) is 16.8 Å². The number of nitrogens with one attached hydrogen (secondary N) is 2. The highest BCUT2D eigenvalue weighted by Crippen LogP contribution is 2.36. The fourth-order valence-corrected chi connectivity index (χ4v) is 3.44. The van der Waals surface area contributed by atoms with E-state index >= 15 is 0 Å². The topological polar surface area (TPSA) is 57.8 Å². The molecule has 1 amide bonds. The van der Waals surface area contributed by atoms with E-state index in [9.17, 15) is 18.0 Å². The Morgan fingerprint density at radius 1 is 1.10 bits per heavy atom. The largest absolute Gasteiger partial charge is 0.416 e. The number of rotatable bonds is 4. The monoisotopic (exact) mass is 421 g/mol. The number of carbonyl (C=O) groups is 1. The molecule has 0 unspecified atom stereocenters. The van der Waals surface area contributed by atoms with Gasteiger partial charge in [0.05, 0.1) is 5.56 Å². The van der Waals surface area contributed by atoms with Gasteiger partial charge >= 0.3 is 6.18 Å². The van der Waals surface area contributed by atoms with Crippen LogP contribution in [0.5, 0.6) is 0 Å². The molecule has 0 bridgehead atoms. The molecule has 0 saturated heterocycles. The number of carbonyl (C=O) groups excluding carboxylic acids is 1. The maximum atomic E-state index is 13.5. The average molecular weight is 421 g/mol. The van der Waals surface area contributed by atoms with Gasteiger partial charge in [-0.1, -0.05) is 36.4 Å². The second-order valence-electron chi connectivity index (χ2n) is 7.18. The molecule has 0 aliphatic rings. The van der Waals surface area contributed by atoms with Gasteiger partial charge in [0.2, 0.25) is 5.91 Å². The summed E-state index contributed by atoms with van der Waals surface area (Å²) in [6.45, 7) is 5.32. The minimum absolute atomic E-state index is 0.0304. The zero-order valence-corrected chi connectivity index (χ0v) is 16.5. The number of aromatic amines is 1. The van der Waals surface area contributed by atoms with E-state index in [1.807, 2.05) is 37.4 Å². The fourth-order valence-electron chi connectivity index (χ4n) is 3.44.